The van der Waals surface area contributed by atoms with E-state index >= 15 is 0 Å². The summed E-state index contributed by atoms with van der Waals surface area (Å²) < 4.78 is 12.7. The summed E-state index contributed by atoms with van der Waals surface area (Å²) in [5.74, 6) is 0. The van der Waals surface area contributed by atoms with Gasteiger partial charge in [-0.05, 0) is 24.0 Å². The van der Waals surface area contributed by atoms with E-state index < -0.39 is 8.56 Å². The Labute approximate surface area is 165 Å². The first kappa shape index (κ1) is 21.4. The van der Waals surface area contributed by atoms with Crippen molar-refractivity contribution in [3.05, 3.63) is 83.9 Å². The van der Waals surface area contributed by atoms with Crippen LogP contribution in [0.15, 0.2) is 72.8 Å². The van der Waals surface area contributed by atoms with Crippen LogP contribution in [0.5, 0.6) is 0 Å². The van der Waals surface area contributed by atoms with Crippen LogP contribution in [-0.4, -0.2) is 21.8 Å². The van der Waals surface area contributed by atoms with E-state index in [1.165, 1.54) is 11.1 Å². The number of allylic oxidation sites excluding steroid dienone is 2. The molecule has 0 fully saturated rings. The largest absolute Gasteiger partial charge is 0.394 e. The minimum Gasteiger partial charge on any atom is -0.394 e. The van der Waals surface area contributed by atoms with Gasteiger partial charge in [0.15, 0.2) is 0 Å². The van der Waals surface area contributed by atoms with Gasteiger partial charge < -0.3 is 8.85 Å². The van der Waals surface area contributed by atoms with Crippen LogP contribution in [0.25, 0.3) is 12.2 Å². The molecule has 0 aromatic heterocycles. The molecule has 2 aromatic carbocycles. The van der Waals surface area contributed by atoms with Gasteiger partial charge in [0.25, 0.3) is 0 Å². The molecule has 0 N–H and O–H groups in total. The molecule has 0 amide bonds. The second kappa shape index (κ2) is 12.4. The summed E-state index contributed by atoms with van der Waals surface area (Å²) in [5, 5.41) is 0. The molecule has 3 heteroatoms. The Balaban J connectivity index is 2.11. The van der Waals surface area contributed by atoms with Crippen LogP contribution in [-0.2, 0) is 8.85 Å². The van der Waals surface area contributed by atoms with Gasteiger partial charge in [-0.25, -0.2) is 0 Å². The number of hydrogen-bond donors (Lipinski definition) is 0. The molecule has 0 heterocycles. The predicted molar refractivity (Wildman–Crippen MR) is 119 cm³/mol. The highest BCUT2D eigenvalue weighted by atomic mass is 28.4. The maximum atomic E-state index is 6.37. The van der Waals surface area contributed by atoms with Crippen LogP contribution in [0.3, 0.4) is 0 Å². The first-order valence-corrected chi connectivity index (χ1v) is 12.2. The van der Waals surface area contributed by atoms with E-state index in [2.05, 4.69) is 86.7 Å². The van der Waals surface area contributed by atoms with Gasteiger partial charge in [0.05, 0.1) is 0 Å². The Kier molecular flexibility index (Phi) is 9.84. The first-order chi connectivity index (χ1) is 13.3. The van der Waals surface area contributed by atoms with Crippen LogP contribution in [0, 0.1) is 0 Å². The summed E-state index contributed by atoms with van der Waals surface area (Å²) in [6.07, 6.45) is 10.8. The van der Waals surface area contributed by atoms with E-state index in [4.69, 9.17) is 8.85 Å². The minimum atomic E-state index is -2.32. The maximum Gasteiger partial charge on any atom is 0.345 e. The second-order valence-electron chi connectivity index (χ2n) is 6.64. The van der Waals surface area contributed by atoms with Crippen LogP contribution < -0.4 is 0 Å². The highest BCUT2D eigenvalue weighted by Crippen LogP contribution is 2.23. The zero-order chi connectivity index (χ0) is 19.2. The molecule has 0 aliphatic carbocycles. The molecule has 2 rings (SSSR count). The van der Waals surface area contributed by atoms with Crippen molar-refractivity contribution in [2.75, 3.05) is 13.2 Å². The van der Waals surface area contributed by atoms with Crippen molar-refractivity contribution in [1.29, 1.82) is 0 Å². The average Bonchev–Trinajstić information content (AvgIpc) is 2.72. The van der Waals surface area contributed by atoms with E-state index in [1.54, 1.807) is 0 Å². The molecule has 2 nitrogen and oxygen atoms in total. The summed E-state index contributed by atoms with van der Waals surface area (Å²) in [4.78, 5) is 0. The molecule has 0 atom stereocenters. The van der Waals surface area contributed by atoms with Crippen LogP contribution in [0.1, 0.15) is 37.8 Å². The molecule has 0 radical (unpaired) electrons. The minimum absolute atomic E-state index is 0.758. The van der Waals surface area contributed by atoms with E-state index in [0.717, 1.165) is 38.1 Å². The Morgan fingerprint density at radius 2 is 1.07 bits per heavy atom. The van der Waals surface area contributed by atoms with Gasteiger partial charge in [-0.2, -0.15) is 0 Å². The first-order valence-electron chi connectivity index (χ1n) is 9.99. The fourth-order valence-electron chi connectivity index (χ4n) is 2.81. The Hall–Kier alpha value is -1.94. The SMILES string of the molecule is CCCO[Si](CC=Cc1ccccc1)(CC=Cc1ccccc1)OCCC. The van der Waals surface area contributed by atoms with Crippen molar-refractivity contribution in [1.82, 2.24) is 0 Å². The van der Waals surface area contributed by atoms with Crippen molar-refractivity contribution in [3.8, 4) is 0 Å². The zero-order valence-corrected chi connectivity index (χ0v) is 17.6. The Bertz CT molecular complexity index is 619. The molecule has 0 spiro atoms. The molecular formula is C24H32O2Si. The molecular weight excluding hydrogens is 348 g/mol. The summed E-state index contributed by atoms with van der Waals surface area (Å²) in [7, 11) is -2.32. The normalized spacial score (nSPS) is 12.2. The predicted octanol–water partition coefficient (Wildman–Crippen LogP) is 6.71. The van der Waals surface area contributed by atoms with Gasteiger partial charge in [-0.15, -0.1) is 0 Å². The lowest BCUT2D eigenvalue weighted by Crippen LogP contribution is -2.41. The summed E-state index contributed by atoms with van der Waals surface area (Å²) >= 11 is 0. The number of hydrogen-bond acceptors (Lipinski definition) is 2. The summed E-state index contributed by atoms with van der Waals surface area (Å²) in [5.41, 5.74) is 2.43. The second-order valence-corrected chi connectivity index (χ2v) is 9.86. The summed E-state index contributed by atoms with van der Waals surface area (Å²) in [6.45, 7) is 5.82. The number of benzene rings is 2. The van der Waals surface area contributed by atoms with Crippen LogP contribution in [0.2, 0.25) is 12.1 Å². The fourth-order valence-corrected chi connectivity index (χ4v) is 5.64. The average molecular weight is 381 g/mol. The smallest absolute Gasteiger partial charge is 0.345 e. The molecule has 2 aromatic rings. The third-order valence-electron chi connectivity index (χ3n) is 4.22. The van der Waals surface area contributed by atoms with E-state index in [9.17, 15) is 0 Å². The van der Waals surface area contributed by atoms with Crippen molar-refractivity contribution in [3.63, 3.8) is 0 Å². The molecule has 0 unspecified atom stereocenters. The molecule has 0 bridgehead atoms. The molecule has 0 saturated carbocycles. The Morgan fingerprint density at radius 3 is 1.44 bits per heavy atom. The van der Waals surface area contributed by atoms with Gasteiger partial charge >= 0.3 is 8.56 Å². The molecule has 0 aliphatic rings. The monoisotopic (exact) mass is 380 g/mol. The van der Waals surface area contributed by atoms with Gasteiger partial charge in [-0.3, -0.25) is 0 Å². The van der Waals surface area contributed by atoms with Crippen molar-refractivity contribution >= 4 is 20.7 Å². The lowest BCUT2D eigenvalue weighted by atomic mass is 10.2. The Morgan fingerprint density at radius 1 is 0.667 bits per heavy atom. The lowest BCUT2D eigenvalue weighted by molar-refractivity contribution is 0.172. The molecule has 0 saturated heterocycles. The van der Waals surface area contributed by atoms with Gasteiger partial charge in [0.2, 0.25) is 0 Å². The third kappa shape index (κ3) is 8.08. The van der Waals surface area contributed by atoms with Crippen molar-refractivity contribution < 1.29 is 8.85 Å². The van der Waals surface area contributed by atoms with Crippen molar-refractivity contribution in [2.45, 2.75) is 38.8 Å². The third-order valence-corrected chi connectivity index (χ3v) is 7.39. The van der Waals surface area contributed by atoms with Gasteiger partial charge in [0, 0.05) is 25.3 Å². The van der Waals surface area contributed by atoms with Gasteiger partial charge in [-0.1, -0.05) is 98.8 Å². The fraction of sp³-hybridized carbons (Fsp3) is 0.333. The lowest BCUT2D eigenvalue weighted by Gasteiger charge is -2.29. The zero-order valence-electron chi connectivity index (χ0n) is 16.6. The quantitative estimate of drug-likeness (QED) is 0.381. The molecule has 144 valence electrons. The van der Waals surface area contributed by atoms with Crippen LogP contribution in [0.4, 0.5) is 0 Å². The molecule has 27 heavy (non-hydrogen) atoms. The highest BCUT2D eigenvalue weighted by molar-refractivity contribution is 6.68. The number of rotatable bonds is 12. The van der Waals surface area contributed by atoms with Crippen molar-refractivity contribution in [2.24, 2.45) is 0 Å². The van der Waals surface area contributed by atoms with E-state index in [-0.39, 0.29) is 0 Å². The van der Waals surface area contributed by atoms with E-state index in [0.29, 0.717) is 0 Å². The maximum absolute atomic E-state index is 6.37. The van der Waals surface area contributed by atoms with Gasteiger partial charge in [0.1, 0.15) is 0 Å². The van der Waals surface area contributed by atoms with Crippen LogP contribution >= 0.6 is 0 Å². The summed E-state index contributed by atoms with van der Waals surface area (Å²) in [6, 6.07) is 22.5. The molecule has 0 aliphatic heterocycles. The standard InChI is InChI=1S/C24H32O2Si/c1-3-19-25-27(26-20-4-2,21-11-17-23-13-7-5-8-14-23)22-12-18-24-15-9-6-10-16-24/h5-18H,3-4,19-22H2,1-2H3. The van der Waals surface area contributed by atoms with E-state index in [1.807, 2.05) is 12.1 Å². The topological polar surface area (TPSA) is 18.5 Å². The highest BCUT2D eigenvalue weighted by Gasteiger charge is 2.35.